The van der Waals surface area contributed by atoms with Crippen molar-refractivity contribution in [2.45, 2.75) is 46.1 Å². The van der Waals surface area contributed by atoms with E-state index >= 15 is 0 Å². The smallest absolute Gasteiger partial charge is 0.305 e. The quantitative estimate of drug-likeness (QED) is 0.834. The number of nitrogens with zero attached hydrogens (tertiary/aromatic N) is 1. The third-order valence-electron chi connectivity index (χ3n) is 2.56. The zero-order valence-corrected chi connectivity index (χ0v) is 11.0. The van der Waals surface area contributed by atoms with Crippen molar-refractivity contribution < 1.29 is 19.2 Å². The molecule has 0 saturated carbocycles. The molecule has 1 unspecified atom stereocenters. The van der Waals surface area contributed by atoms with Crippen molar-refractivity contribution in [3.05, 3.63) is 17.0 Å². The lowest BCUT2D eigenvalue weighted by atomic mass is 10.1. The van der Waals surface area contributed by atoms with Crippen LogP contribution in [-0.2, 0) is 4.79 Å². The van der Waals surface area contributed by atoms with Gasteiger partial charge in [0.15, 0.2) is 5.69 Å². The van der Waals surface area contributed by atoms with Crippen LogP contribution in [0.25, 0.3) is 0 Å². The average Bonchev–Trinajstić information content (AvgIpc) is 2.58. The Bertz CT molecular complexity index is 451. The Balaban J connectivity index is 2.76. The van der Waals surface area contributed by atoms with Crippen molar-refractivity contribution in [1.82, 2.24) is 10.5 Å². The summed E-state index contributed by atoms with van der Waals surface area (Å²) >= 11 is 0. The van der Waals surface area contributed by atoms with Gasteiger partial charge in [-0.15, -0.1) is 0 Å². The van der Waals surface area contributed by atoms with Crippen molar-refractivity contribution in [3.8, 4) is 0 Å². The van der Waals surface area contributed by atoms with E-state index in [0.717, 1.165) is 0 Å². The summed E-state index contributed by atoms with van der Waals surface area (Å²) in [5.41, 5.74) is 0.918. The molecule has 1 rings (SSSR count). The summed E-state index contributed by atoms with van der Waals surface area (Å²) in [6, 6.07) is -0.450. The van der Waals surface area contributed by atoms with Crippen molar-refractivity contribution in [1.29, 1.82) is 0 Å². The monoisotopic (exact) mass is 254 g/mol. The maximum absolute atomic E-state index is 11.9. The summed E-state index contributed by atoms with van der Waals surface area (Å²) < 4.78 is 5.11. The predicted molar refractivity (Wildman–Crippen MR) is 64.5 cm³/mol. The van der Waals surface area contributed by atoms with Gasteiger partial charge < -0.3 is 14.9 Å². The van der Waals surface area contributed by atoms with Crippen LogP contribution < -0.4 is 5.32 Å². The molecule has 0 aliphatic carbocycles. The number of rotatable bonds is 5. The Kier molecular flexibility index (Phi) is 4.47. The van der Waals surface area contributed by atoms with Crippen LogP contribution in [0.4, 0.5) is 0 Å². The van der Waals surface area contributed by atoms with Crippen LogP contribution in [0.3, 0.4) is 0 Å². The standard InChI is InChI=1S/C12H18N2O4/c1-6(2)11-8(4)10(14-18-11)12(17)13-7(3)5-9(15)16/h6-7H,5H2,1-4H3,(H,13,17)(H,15,16). The summed E-state index contributed by atoms with van der Waals surface area (Å²) in [7, 11) is 0. The van der Waals surface area contributed by atoms with Crippen molar-refractivity contribution in [2.75, 3.05) is 0 Å². The number of carbonyl (C=O) groups is 2. The molecule has 0 aliphatic heterocycles. The summed E-state index contributed by atoms with van der Waals surface area (Å²) in [5.74, 6) is -0.541. The van der Waals surface area contributed by atoms with Gasteiger partial charge in [-0.3, -0.25) is 9.59 Å². The van der Waals surface area contributed by atoms with Gasteiger partial charge in [0, 0.05) is 17.5 Å². The highest BCUT2D eigenvalue weighted by Gasteiger charge is 2.21. The van der Waals surface area contributed by atoms with E-state index in [1.165, 1.54) is 0 Å². The zero-order valence-electron chi connectivity index (χ0n) is 11.0. The van der Waals surface area contributed by atoms with Gasteiger partial charge in [0.1, 0.15) is 5.76 Å². The molecule has 6 nitrogen and oxygen atoms in total. The fourth-order valence-electron chi connectivity index (χ4n) is 1.70. The van der Waals surface area contributed by atoms with Crippen LogP contribution in [0.2, 0.25) is 0 Å². The van der Waals surface area contributed by atoms with E-state index in [1.807, 2.05) is 13.8 Å². The maximum Gasteiger partial charge on any atom is 0.305 e. The Hall–Kier alpha value is -1.85. The fourth-order valence-corrected chi connectivity index (χ4v) is 1.70. The van der Waals surface area contributed by atoms with Gasteiger partial charge in [0.2, 0.25) is 0 Å². The van der Waals surface area contributed by atoms with E-state index < -0.39 is 17.9 Å². The molecule has 1 amide bonds. The molecule has 1 aromatic rings. The molecule has 0 spiro atoms. The van der Waals surface area contributed by atoms with Crippen molar-refractivity contribution in [3.63, 3.8) is 0 Å². The Morgan fingerprint density at radius 3 is 2.44 bits per heavy atom. The van der Waals surface area contributed by atoms with E-state index in [9.17, 15) is 9.59 Å². The highest BCUT2D eigenvalue weighted by molar-refractivity contribution is 5.94. The van der Waals surface area contributed by atoms with Crippen LogP contribution in [-0.4, -0.2) is 28.2 Å². The minimum Gasteiger partial charge on any atom is -0.481 e. The van der Waals surface area contributed by atoms with E-state index in [2.05, 4.69) is 10.5 Å². The SMILES string of the molecule is Cc1c(C(=O)NC(C)CC(=O)O)noc1C(C)C. The van der Waals surface area contributed by atoms with Crippen molar-refractivity contribution in [2.24, 2.45) is 0 Å². The number of nitrogens with one attached hydrogen (secondary N) is 1. The number of aliphatic carboxylic acids is 1. The van der Waals surface area contributed by atoms with Crippen LogP contribution in [0.15, 0.2) is 4.52 Å². The van der Waals surface area contributed by atoms with Gasteiger partial charge in [0.25, 0.3) is 5.91 Å². The van der Waals surface area contributed by atoms with Gasteiger partial charge in [-0.1, -0.05) is 19.0 Å². The fraction of sp³-hybridized carbons (Fsp3) is 0.583. The van der Waals surface area contributed by atoms with E-state index in [4.69, 9.17) is 9.63 Å². The zero-order chi connectivity index (χ0) is 13.9. The highest BCUT2D eigenvalue weighted by atomic mass is 16.5. The molecule has 0 fully saturated rings. The third-order valence-corrected chi connectivity index (χ3v) is 2.56. The lowest BCUT2D eigenvalue weighted by molar-refractivity contribution is -0.137. The predicted octanol–water partition coefficient (Wildman–Crippen LogP) is 1.70. The van der Waals surface area contributed by atoms with Crippen LogP contribution in [0.5, 0.6) is 0 Å². The summed E-state index contributed by atoms with van der Waals surface area (Å²) in [5, 5.41) is 14.9. The number of aromatic nitrogens is 1. The summed E-state index contributed by atoms with van der Waals surface area (Å²) in [4.78, 5) is 22.4. The highest BCUT2D eigenvalue weighted by Crippen LogP contribution is 2.21. The first kappa shape index (κ1) is 14.2. The summed E-state index contributed by atoms with van der Waals surface area (Å²) in [6.45, 7) is 7.29. The number of hydrogen-bond acceptors (Lipinski definition) is 4. The normalized spacial score (nSPS) is 12.5. The molecule has 0 bridgehead atoms. The molecule has 1 aromatic heterocycles. The molecule has 6 heteroatoms. The molecular formula is C12H18N2O4. The second kappa shape index (κ2) is 5.66. The van der Waals surface area contributed by atoms with Gasteiger partial charge in [-0.05, 0) is 13.8 Å². The summed E-state index contributed by atoms with van der Waals surface area (Å²) in [6.07, 6.45) is -0.125. The molecule has 0 saturated heterocycles. The van der Waals surface area contributed by atoms with Crippen LogP contribution >= 0.6 is 0 Å². The molecule has 0 radical (unpaired) electrons. The molecule has 2 N–H and O–H groups in total. The minimum atomic E-state index is -0.956. The van der Waals surface area contributed by atoms with Gasteiger partial charge in [-0.25, -0.2) is 0 Å². The Morgan fingerprint density at radius 1 is 1.39 bits per heavy atom. The van der Waals surface area contributed by atoms with E-state index in [0.29, 0.717) is 11.3 Å². The van der Waals surface area contributed by atoms with Crippen molar-refractivity contribution >= 4 is 11.9 Å². The topological polar surface area (TPSA) is 92.4 Å². The molecule has 0 aliphatic rings. The number of amides is 1. The number of hydrogen-bond donors (Lipinski definition) is 2. The first-order valence-electron chi connectivity index (χ1n) is 5.81. The second-order valence-corrected chi connectivity index (χ2v) is 4.65. The average molecular weight is 254 g/mol. The number of carboxylic acids is 1. The van der Waals surface area contributed by atoms with E-state index in [1.54, 1.807) is 13.8 Å². The molecule has 0 aromatic carbocycles. The Labute approximate surface area is 105 Å². The largest absolute Gasteiger partial charge is 0.481 e. The third kappa shape index (κ3) is 3.32. The Morgan fingerprint density at radius 2 is 2.00 bits per heavy atom. The first-order valence-corrected chi connectivity index (χ1v) is 5.81. The van der Waals surface area contributed by atoms with Gasteiger partial charge >= 0.3 is 5.97 Å². The second-order valence-electron chi connectivity index (χ2n) is 4.65. The molecule has 1 atom stereocenters. The maximum atomic E-state index is 11.9. The molecule has 100 valence electrons. The van der Waals surface area contributed by atoms with Crippen LogP contribution in [0, 0.1) is 6.92 Å². The molecule has 18 heavy (non-hydrogen) atoms. The molecule has 1 heterocycles. The van der Waals surface area contributed by atoms with Crippen LogP contribution in [0.1, 0.15) is 54.9 Å². The number of carbonyl (C=O) groups excluding carboxylic acids is 1. The van der Waals surface area contributed by atoms with Gasteiger partial charge in [0.05, 0.1) is 6.42 Å². The lowest BCUT2D eigenvalue weighted by Gasteiger charge is -2.10. The lowest BCUT2D eigenvalue weighted by Crippen LogP contribution is -2.34. The number of carboxylic acid groups (broad SMARTS) is 1. The van der Waals surface area contributed by atoms with Gasteiger partial charge in [-0.2, -0.15) is 0 Å². The first-order chi connectivity index (χ1) is 8.32. The molecular weight excluding hydrogens is 236 g/mol. The van der Waals surface area contributed by atoms with E-state index in [-0.39, 0.29) is 18.0 Å². The minimum absolute atomic E-state index is 0.125.